The number of aromatic nitrogens is 3. The van der Waals surface area contributed by atoms with Crippen molar-refractivity contribution in [3.8, 4) is 0 Å². The van der Waals surface area contributed by atoms with Crippen LogP contribution in [0, 0.1) is 12.8 Å². The Labute approximate surface area is 149 Å². The zero-order valence-electron chi connectivity index (χ0n) is 16.3. The number of aliphatic hydroxyl groups excluding tert-OH is 1. The van der Waals surface area contributed by atoms with Crippen molar-refractivity contribution in [1.82, 2.24) is 20.1 Å². The zero-order valence-corrected chi connectivity index (χ0v) is 16.3. The van der Waals surface area contributed by atoms with Crippen molar-refractivity contribution in [2.75, 3.05) is 13.2 Å². The average Bonchev–Trinajstić information content (AvgIpc) is 2.88. The number of hydrogen-bond donors (Lipinski definition) is 2. The van der Waals surface area contributed by atoms with Crippen LogP contribution in [0.3, 0.4) is 0 Å². The quantitative estimate of drug-likeness (QED) is 0.872. The topological polar surface area (TPSA) is 80.0 Å². The van der Waals surface area contributed by atoms with Gasteiger partial charge in [-0.3, -0.25) is 4.79 Å². The lowest BCUT2D eigenvalue weighted by Crippen LogP contribution is -2.30. The number of fused-ring (bicyclic) bond motifs is 1. The smallest absolute Gasteiger partial charge is 0.252 e. The summed E-state index contributed by atoms with van der Waals surface area (Å²) in [5.74, 6) is 0.0753. The van der Waals surface area contributed by atoms with Crippen LogP contribution in [0.25, 0.3) is 11.0 Å². The Morgan fingerprint density at radius 3 is 2.48 bits per heavy atom. The van der Waals surface area contributed by atoms with Crippen LogP contribution >= 0.6 is 0 Å². The molecule has 2 aromatic rings. The number of aliphatic hydroxyl groups is 1. The van der Waals surface area contributed by atoms with Crippen molar-refractivity contribution in [1.29, 1.82) is 0 Å². The lowest BCUT2D eigenvalue weighted by atomic mass is 10.0. The maximum Gasteiger partial charge on any atom is 0.252 e. The number of amides is 1. The maximum atomic E-state index is 12.8. The van der Waals surface area contributed by atoms with Gasteiger partial charge in [-0.2, -0.15) is 5.10 Å². The zero-order chi connectivity index (χ0) is 18.9. The first-order chi connectivity index (χ1) is 11.6. The molecule has 0 bridgehead atoms. The van der Waals surface area contributed by atoms with Crippen LogP contribution in [0.4, 0.5) is 0 Å². The van der Waals surface area contributed by atoms with Crippen molar-refractivity contribution in [3.63, 3.8) is 0 Å². The summed E-state index contributed by atoms with van der Waals surface area (Å²) in [5.41, 5.74) is 2.79. The minimum absolute atomic E-state index is 0.0178. The van der Waals surface area contributed by atoms with Crippen molar-refractivity contribution >= 4 is 16.9 Å². The normalized spacial score (nSPS) is 13.5. The number of pyridine rings is 1. The van der Waals surface area contributed by atoms with Crippen LogP contribution < -0.4 is 5.32 Å². The predicted molar refractivity (Wildman–Crippen MR) is 99.9 cm³/mol. The van der Waals surface area contributed by atoms with Crippen LogP contribution in [-0.2, 0) is 5.54 Å². The first-order valence-electron chi connectivity index (χ1n) is 8.86. The molecule has 2 rings (SSSR count). The summed E-state index contributed by atoms with van der Waals surface area (Å²) in [5, 5.41) is 17.5. The van der Waals surface area contributed by atoms with E-state index in [1.165, 1.54) is 0 Å². The fraction of sp³-hybridized carbons (Fsp3) is 0.632. The van der Waals surface area contributed by atoms with E-state index >= 15 is 0 Å². The third kappa shape index (κ3) is 4.00. The summed E-state index contributed by atoms with van der Waals surface area (Å²) in [6.45, 7) is 14.6. The molecule has 0 aliphatic heterocycles. The van der Waals surface area contributed by atoms with Crippen LogP contribution in [0.2, 0.25) is 0 Å². The van der Waals surface area contributed by atoms with E-state index in [1.807, 2.05) is 24.6 Å². The molecule has 0 saturated heterocycles. The highest BCUT2D eigenvalue weighted by Gasteiger charge is 2.25. The van der Waals surface area contributed by atoms with E-state index in [1.54, 1.807) is 0 Å². The van der Waals surface area contributed by atoms with Gasteiger partial charge in [-0.05, 0) is 45.6 Å². The molecule has 1 atom stereocenters. The minimum atomic E-state index is -0.228. The molecule has 1 amide bonds. The van der Waals surface area contributed by atoms with Crippen molar-refractivity contribution in [2.24, 2.45) is 5.92 Å². The minimum Gasteiger partial charge on any atom is -0.396 e. The lowest BCUT2D eigenvalue weighted by Gasteiger charge is -2.20. The highest BCUT2D eigenvalue weighted by molar-refractivity contribution is 6.06. The molecular weight excluding hydrogens is 316 g/mol. The van der Waals surface area contributed by atoms with E-state index in [9.17, 15) is 4.79 Å². The number of aryl methyl sites for hydroxylation is 1. The van der Waals surface area contributed by atoms with Gasteiger partial charge in [0.2, 0.25) is 0 Å². The maximum absolute atomic E-state index is 12.8. The van der Waals surface area contributed by atoms with Gasteiger partial charge >= 0.3 is 0 Å². The molecule has 0 spiro atoms. The summed E-state index contributed by atoms with van der Waals surface area (Å²) in [6.07, 6.45) is 0. The summed E-state index contributed by atoms with van der Waals surface area (Å²) < 4.78 is 1.90. The Kier molecular flexibility index (Phi) is 5.52. The molecule has 0 aromatic carbocycles. The highest BCUT2D eigenvalue weighted by atomic mass is 16.3. The van der Waals surface area contributed by atoms with Crippen LogP contribution in [0.15, 0.2) is 6.07 Å². The van der Waals surface area contributed by atoms with E-state index < -0.39 is 0 Å². The van der Waals surface area contributed by atoms with Crippen LogP contribution in [0.5, 0.6) is 0 Å². The highest BCUT2D eigenvalue weighted by Crippen LogP contribution is 2.28. The summed E-state index contributed by atoms with van der Waals surface area (Å²) in [4.78, 5) is 17.6. The standard InChI is InChI=1S/C19H30N4O2/c1-11(2)15-8-14(18(25)20-9-12(3)10-24)16-13(4)22-23(17(16)21-15)19(5,6)7/h8,11-12,24H,9-10H2,1-7H3,(H,20,25). The van der Waals surface area contributed by atoms with Crippen LogP contribution in [-0.4, -0.2) is 38.9 Å². The van der Waals surface area contributed by atoms with Crippen molar-refractivity contribution in [3.05, 3.63) is 23.0 Å². The van der Waals surface area contributed by atoms with E-state index in [2.05, 4.69) is 45.0 Å². The van der Waals surface area contributed by atoms with Gasteiger partial charge in [0.05, 0.1) is 22.2 Å². The number of carbonyl (C=O) groups is 1. The monoisotopic (exact) mass is 346 g/mol. The number of rotatable bonds is 5. The predicted octanol–water partition coefficient (Wildman–Crippen LogP) is 2.98. The van der Waals surface area contributed by atoms with Gasteiger partial charge in [-0.25, -0.2) is 9.67 Å². The molecule has 0 aliphatic rings. The Morgan fingerprint density at radius 1 is 1.32 bits per heavy atom. The van der Waals surface area contributed by atoms with Crippen LogP contribution in [0.1, 0.15) is 69.2 Å². The second kappa shape index (κ2) is 7.12. The summed E-state index contributed by atoms with van der Waals surface area (Å²) >= 11 is 0. The van der Waals surface area contributed by atoms with E-state index in [0.717, 1.165) is 22.4 Å². The van der Waals surface area contributed by atoms with Gasteiger partial charge in [0, 0.05) is 18.8 Å². The molecule has 25 heavy (non-hydrogen) atoms. The van der Waals surface area contributed by atoms with Gasteiger partial charge in [-0.1, -0.05) is 20.8 Å². The number of nitrogens with one attached hydrogen (secondary N) is 1. The number of hydrogen-bond acceptors (Lipinski definition) is 4. The molecule has 138 valence electrons. The largest absolute Gasteiger partial charge is 0.396 e. The Bertz CT molecular complexity index is 772. The SMILES string of the molecule is Cc1nn(C(C)(C)C)c2nc(C(C)C)cc(C(=O)NCC(C)CO)c12. The first-order valence-corrected chi connectivity index (χ1v) is 8.86. The summed E-state index contributed by atoms with van der Waals surface area (Å²) in [6, 6.07) is 1.87. The molecule has 6 nitrogen and oxygen atoms in total. The number of carbonyl (C=O) groups excluding carboxylic acids is 1. The van der Waals surface area contributed by atoms with Gasteiger partial charge in [0.25, 0.3) is 5.91 Å². The molecule has 0 saturated carbocycles. The fourth-order valence-corrected chi connectivity index (χ4v) is 2.68. The Balaban J connectivity index is 2.62. The van der Waals surface area contributed by atoms with Gasteiger partial charge in [0.1, 0.15) is 0 Å². The summed E-state index contributed by atoms with van der Waals surface area (Å²) in [7, 11) is 0. The van der Waals surface area contributed by atoms with Gasteiger partial charge in [0.15, 0.2) is 5.65 Å². The molecule has 0 aliphatic carbocycles. The van der Waals surface area contributed by atoms with Gasteiger partial charge < -0.3 is 10.4 Å². The van der Waals surface area contributed by atoms with E-state index in [0.29, 0.717) is 12.1 Å². The van der Waals surface area contributed by atoms with E-state index in [-0.39, 0.29) is 29.9 Å². The Hall–Kier alpha value is -1.95. The molecule has 0 fully saturated rings. The third-order valence-corrected chi connectivity index (χ3v) is 4.23. The fourth-order valence-electron chi connectivity index (χ4n) is 2.68. The molecule has 2 N–H and O–H groups in total. The number of nitrogens with zero attached hydrogens (tertiary/aromatic N) is 3. The van der Waals surface area contributed by atoms with E-state index in [4.69, 9.17) is 10.1 Å². The molecule has 0 radical (unpaired) electrons. The second-order valence-corrected chi connectivity index (χ2v) is 8.11. The molecule has 6 heteroatoms. The van der Waals surface area contributed by atoms with Gasteiger partial charge in [-0.15, -0.1) is 0 Å². The molecule has 2 heterocycles. The lowest BCUT2D eigenvalue weighted by molar-refractivity contribution is 0.0943. The van der Waals surface area contributed by atoms with Crippen molar-refractivity contribution in [2.45, 2.75) is 59.9 Å². The molecular formula is C19H30N4O2. The first kappa shape index (κ1) is 19.4. The Morgan fingerprint density at radius 2 is 1.96 bits per heavy atom. The average molecular weight is 346 g/mol. The van der Waals surface area contributed by atoms with Crippen molar-refractivity contribution < 1.29 is 9.90 Å². The second-order valence-electron chi connectivity index (χ2n) is 8.11. The molecule has 2 aromatic heterocycles. The third-order valence-electron chi connectivity index (χ3n) is 4.23. The molecule has 1 unspecified atom stereocenters.